The topological polar surface area (TPSA) is 79.3 Å². The molecule has 1 atom stereocenters. The van der Waals surface area contributed by atoms with E-state index < -0.39 is 11.9 Å². The zero-order chi connectivity index (χ0) is 15.2. The van der Waals surface area contributed by atoms with Crippen LogP contribution in [0.4, 0.5) is 0 Å². The molecule has 2 aromatic rings. The summed E-state index contributed by atoms with van der Waals surface area (Å²) in [5, 5.41) is 11.8. The van der Waals surface area contributed by atoms with Gasteiger partial charge >= 0.3 is 5.97 Å². The fraction of sp³-hybridized carbons (Fsp3) is 0.188. The molecule has 0 aliphatic heterocycles. The molecule has 5 heteroatoms. The average Bonchev–Trinajstić information content (AvgIpc) is 2.48. The fourth-order valence-corrected chi connectivity index (χ4v) is 2.07. The van der Waals surface area contributed by atoms with E-state index in [1.165, 1.54) is 18.3 Å². The van der Waals surface area contributed by atoms with E-state index in [-0.39, 0.29) is 17.3 Å². The zero-order valence-electron chi connectivity index (χ0n) is 11.6. The quantitative estimate of drug-likeness (QED) is 0.881. The maximum atomic E-state index is 12.1. The molecule has 0 fully saturated rings. The molecule has 1 aromatic carbocycles. The molecule has 0 spiro atoms. The molecular formula is C16H16N2O3. The molecule has 0 bridgehead atoms. The van der Waals surface area contributed by atoms with Crippen LogP contribution in [0.15, 0.2) is 48.7 Å². The number of hydrogen-bond acceptors (Lipinski definition) is 3. The minimum absolute atomic E-state index is 0.0649. The third-order valence-corrected chi connectivity index (χ3v) is 3.02. The maximum absolute atomic E-state index is 12.1. The second kappa shape index (κ2) is 6.65. The second-order valence-electron chi connectivity index (χ2n) is 4.77. The Hall–Kier alpha value is -2.69. The van der Waals surface area contributed by atoms with Crippen molar-refractivity contribution in [2.75, 3.05) is 0 Å². The lowest BCUT2D eigenvalue weighted by Crippen LogP contribution is -2.35. The SMILES string of the molecule is CC(Cc1ccccc1)NC(=O)c1ncccc1C(=O)O. The normalized spacial score (nSPS) is 11.7. The maximum Gasteiger partial charge on any atom is 0.338 e. The summed E-state index contributed by atoms with van der Waals surface area (Å²) >= 11 is 0. The minimum Gasteiger partial charge on any atom is -0.478 e. The van der Waals surface area contributed by atoms with Crippen LogP contribution in [-0.2, 0) is 6.42 Å². The lowest BCUT2D eigenvalue weighted by Gasteiger charge is -2.14. The molecule has 2 rings (SSSR count). The summed E-state index contributed by atoms with van der Waals surface area (Å²) in [4.78, 5) is 27.1. The third kappa shape index (κ3) is 3.89. The van der Waals surface area contributed by atoms with E-state index in [9.17, 15) is 9.59 Å². The summed E-state index contributed by atoms with van der Waals surface area (Å²) < 4.78 is 0. The Morgan fingerprint density at radius 2 is 1.90 bits per heavy atom. The lowest BCUT2D eigenvalue weighted by molar-refractivity contribution is 0.0689. The third-order valence-electron chi connectivity index (χ3n) is 3.02. The molecule has 0 radical (unpaired) electrons. The first-order valence-electron chi connectivity index (χ1n) is 6.61. The Morgan fingerprint density at radius 3 is 2.57 bits per heavy atom. The van der Waals surface area contributed by atoms with Crippen molar-refractivity contribution in [1.29, 1.82) is 0 Å². The van der Waals surface area contributed by atoms with Crippen molar-refractivity contribution in [3.63, 3.8) is 0 Å². The highest BCUT2D eigenvalue weighted by molar-refractivity contribution is 6.03. The summed E-state index contributed by atoms with van der Waals surface area (Å²) in [5.74, 6) is -1.64. The van der Waals surface area contributed by atoms with Gasteiger partial charge in [0.1, 0.15) is 5.69 Å². The van der Waals surface area contributed by atoms with E-state index in [1.807, 2.05) is 37.3 Å². The van der Waals surface area contributed by atoms with E-state index in [1.54, 1.807) is 0 Å². The number of hydrogen-bond donors (Lipinski definition) is 2. The smallest absolute Gasteiger partial charge is 0.338 e. The Bertz CT molecular complexity index is 641. The van der Waals surface area contributed by atoms with E-state index in [0.717, 1.165) is 5.56 Å². The number of carboxylic acids is 1. The van der Waals surface area contributed by atoms with Crippen molar-refractivity contribution < 1.29 is 14.7 Å². The number of aromatic carboxylic acids is 1. The monoisotopic (exact) mass is 284 g/mol. The van der Waals surface area contributed by atoms with Crippen molar-refractivity contribution in [3.05, 3.63) is 65.5 Å². The highest BCUT2D eigenvalue weighted by atomic mass is 16.4. The van der Waals surface area contributed by atoms with Crippen molar-refractivity contribution >= 4 is 11.9 Å². The first-order chi connectivity index (χ1) is 10.1. The molecular weight excluding hydrogens is 268 g/mol. The number of carbonyl (C=O) groups is 2. The molecule has 1 amide bonds. The Balaban J connectivity index is 2.06. The van der Waals surface area contributed by atoms with Crippen LogP contribution in [0.25, 0.3) is 0 Å². The predicted molar refractivity (Wildman–Crippen MR) is 78.3 cm³/mol. The molecule has 21 heavy (non-hydrogen) atoms. The molecule has 0 aliphatic rings. The van der Waals surface area contributed by atoms with Crippen LogP contribution < -0.4 is 5.32 Å². The van der Waals surface area contributed by atoms with Gasteiger partial charge in [-0.2, -0.15) is 0 Å². The number of nitrogens with zero attached hydrogens (tertiary/aromatic N) is 1. The van der Waals surface area contributed by atoms with Gasteiger partial charge in [-0.05, 0) is 31.0 Å². The molecule has 0 saturated heterocycles. The summed E-state index contributed by atoms with van der Waals surface area (Å²) in [5.41, 5.74) is 0.941. The van der Waals surface area contributed by atoms with Gasteiger partial charge in [-0.15, -0.1) is 0 Å². The number of amides is 1. The second-order valence-corrected chi connectivity index (χ2v) is 4.77. The Kier molecular flexibility index (Phi) is 4.66. The average molecular weight is 284 g/mol. The molecule has 1 aromatic heterocycles. The van der Waals surface area contributed by atoms with Crippen molar-refractivity contribution in [1.82, 2.24) is 10.3 Å². The van der Waals surface area contributed by atoms with Crippen molar-refractivity contribution in [2.24, 2.45) is 0 Å². The number of nitrogens with one attached hydrogen (secondary N) is 1. The first-order valence-corrected chi connectivity index (χ1v) is 6.61. The Morgan fingerprint density at radius 1 is 1.19 bits per heavy atom. The van der Waals surface area contributed by atoms with Crippen LogP contribution >= 0.6 is 0 Å². The summed E-state index contributed by atoms with van der Waals surface area (Å²) in [6, 6.07) is 12.5. The standard InChI is InChI=1S/C16H16N2O3/c1-11(10-12-6-3-2-4-7-12)18-15(19)14-13(16(20)21)8-5-9-17-14/h2-9,11H,10H2,1H3,(H,18,19)(H,20,21). The van der Waals surface area contributed by atoms with Crippen molar-refractivity contribution in [2.45, 2.75) is 19.4 Å². The lowest BCUT2D eigenvalue weighted by atomic mass is 10.1. The van der Waals surface area contributed by atoms with Gasteiger partial charge in [0.15, 0.2) is 0 Å². The Labute approximate surface area is 122 Å². The van der Waals surface area contributed by atoms with Crippen LogP contribution in [0.2, 0.25) is 0 Å². The highest BCUT2D eigenvalue weighted by Gasteiger charge is 2.18. The highest BCUT2D eigenvalue weighted by Crippen LogP contribution is 2.07. The molecule has 0 saturated carbocycles. The molecule has 5 nitrogen and oxygen atoms in total. The number of aromatic nitrogens is 1. The van der Waals surface area contributed by atoms with E-state index in [2.05, 4.69) is 10.3 Å². The van der Waals surface area contributed by atoms with Crippen LogP contribution in [0.1, 0.15) is 33.3 Å². The number of pyridine rings is 1. The van der Waals surface area contributed by atoms with Crippen LogP contribution in [0.3, 0.4) is 0 Å². The molecule has 0 aliphatic carbocycles. The predicted octanol–water partition coefficient (Wildman–Crippen LogP) is 2.14. The van der Waals surface area contributed by atoms with Gasteiger partial charge in [0.25, 0.3) is 5.91 Å². The molecule has 108 valence electrons. The summed E-state index contributed by atoms with van der Waals surface area (Å²) in [6.07, 6.45) is 2.07. The van der Waals surface area contributed by atoms with Crippen molar-refractivity contribution in [3.8, 4) is 0 Å². The van der Waals surface area contributed by atoms with Crippen LogP contribution in [-0.4, -0.2) is 28.0 Å². The van der Waals surface area contributed by atoms with Gasteiger partial charge in [-0.3, -0.25) is 9.78 Å². The number of rotatable bonds is 5. The fourth-order valence-electron chi connectivity index (χ4n) is 2.07. The van der Waals surface area contributed by atoms with E-state index in [4.69, 9.17) is 5.11 Å². The van der Waals surface area contributed by atoms with E-state index >= 15 is 0 Å². The van der Waals surface area contributed by atoms with Gasteiger partial charge in [-0.1, -0.05) is 30.3 Å². The van der Waals surface area contributed by atoms with Crippen LogP contribution in [0, 0.1) is 0 Å². The van der Waals surface area contributed by atoms with Gasteiger partial charge in [0, 0.05) is 12.2 Å². The number of benzene rings is 1. The largest absolute Gasteiger partial charge is 0.478 e. The van der Waals surface area contributed by atoms with Crippen LogP contribution in [0.5, 0.6) is 0 Å². The minimum atomic E-state index is -1.16. The molecule has 1 unspecified atom stereocenters. The molecule has 1 heterocycles. The van der Waals surface area contributed by atoms with Gasteiger partial charge < -0.3 is 10.4 Å². The van der Waals surface area contributed by atoms with E-state index in [0.29, 0.717) is 6.42 Å². The van der Waals surface area contributed by atoms with Gasteiger partial charge in [-0.25, -0.2) is 4.79 Å². The van der Waals surface area contributed by atoms with Gasteiger partial charge in [0.05, 0.1) is 5.56 Å². The zero-order valence-corrected chi connectivity index (χ0v) is 11.6. The summed E-state index contributed by atoms with van der Waals surface area (Å²) in [6.45, 7) is 1.87. The van der Waals surface area contributed by atoms with Gasteiger partial charge in [0.2, 0.25) is 0 Å². The number of carbonyl (C=O) groups excluding carboxylic acids is 1. The molecule has 2 N–H and O–H groups in total. The summed E-state index contributed by atoms with van der Waals surface area (Å²) in [7, 11) is 0. The first kappa shape index (κ1) is 14.7. The number of carboxylic acid groups (broad SMARTS) is 1.